The molecular formula is C19H19ClN2O2S2. The minimum Gasteiger partial charge on any atom is -0.315 e. The van der Waals surface area contributed by atoms with Crippen molar-refractivity contribution in [3.63, 3.8) is 0 Å². The van der Waals surface area contributed by atoms with Gasteiger partial charge in [0.05, 0.1) is 23.6 Å². The lowest BCUT2D eigenvalue weighted by Gasteiger charge is -2.26. The van der Waals surface area contributed by atoms with E-state index in [4.69, 9.17) is 16.6 Å². The first-order chi connectivity index (χ1) is 12.4. The van der Waals surface area contributed by atoms with Crippen LogP contribution in [0.5, 0.6) is 0 Å². The van der Waals surface area contributed by atoms with Crippen LogP contribution in [0.25, 0.3) is 0 Å². The van der Waals surface area contributed by atoms with Crippen LogP contribution in [0, 0.1) is 6.92 Å². The molecule has 0 aliphatic carbocycles. The molecule has 0 unspecified atom stereocenters. The van der Waals surface area contributed by atoms with Gasteiger partial charge in [0, 0.05) is 16.5 Å². The van der Waals surface area contributed by atoms with Gasteiger partial charge < -0.3 is 4.90 Å². The maximum Gasteiger partial charge on any atom is 0.164 e. The summed E-state index contributed by atoms with van der Waals surface area (Å²) in [6.07, 6.45) is 0. The first-order valence-corrected chi connectivity index (χ1v) is 11.6. The highest BCUT2D eigenvalue weighted by Crippen LogP contribution is 2.36. The quantitative estimate of drug-likeness (QED) is 0.775. The summed E-state index contributed by atoms with van der Waals surface area (Å²) in [4.78, 5) is 6.80. The third-order valence-corrected chi connectivity index (χ3v) is 7.65. The van der Waals surface area contributed by atoms with Gasteiger partial charge in [-0.2, -0.15) is 0 Å². The number of halogens is 1. The molecule has 0 aromatic heterocycles. The first kappa shape index (κ1) is 17.9. The minimum absolute atomic E-state index is 0.128. The van der Waals surface area contributed by atoms with Crippen molar-refractivity contribution in [3.8, 4) is 0 Å². The fraction of sp³-hybridized carbons (Fsp3) is 0.316. The van der Waals surface area contributed by atoms with Crippen molar-refractivity contribution in [2.45, 2.75) is 24.8 Å². The number of aryl methyl sites for hydroxylation is 1. The minimum atomic E-state index is -3.04. The summed E-state index contributed by atoms with van der Waals surface area (Å²) < 4.78 is 24.2. The van der Waals surface area contributed by atoms with Crippen LogP contribution in [0.2, 0.25) is 5.02 Å². The van der Waals surface area contributed by atoms with Gasteiger partial charge in [-0.1, -0.05) is 59.3 Å². The van der Waals surface area contributed by atoms with Gasteiger partial charge >= 0.3 is 0 Å². The summed E-state index contributed by atoms with van der Waals surface area (Å²) in [7, 11) is -3.04. The largest absolute Gasteiger partial charge is 0.315 e. The van der Waals surface area contributed by atoms with E-state index in [1.165, 1.54) is 11.1 Å². The highest BCUT2D eigenvalue weighted by molar-refractivity contribution is 8.13. The summed E-state index contributed by atoms with van der Waals surface area (Å²) in [6, 6.07) is 15.6. The molecule has 2 aromatic rings. The van der Waals surface area contributed by atoms with Crippen LogP contribution in [0.4, 0.5) is 5.69 Å². The van der Waals surface area contributed by atoms with E-state index in [0.717, 1.165) is 16.6 Å². The van der Waals surface area contributed by atoms with Gasteiger partial charge in [0.15, 0.2) is 15.0 Å². The van der Waals surface area contributed by atoms with E-state index in [2.05, 4.69) is 36.1 Å². The SMILES string of the molecule is Cc1ccc(CSC2=N[C@H]3CS(=O)(=O)C[C@H]3N2c2cccc(Cl)c2)cc1. The Bertz CT molecular complexity index is 958. The van der Waals surface area contributed by atoms with Crippen molar-refractivity contribution < 1.29 is 8.42 Å². The molecule has 4 rings (SSSR count). The van der Waals surface area contributed by atoms with Crippen molar-refractivity contribution >= 4 is 44.1 Å². The van der Waals surface area contributed by atoms with Crippen LogP contribution < -0.4 is 4.90 Å². The number of hydrogen-bond acceptors (Lipinski definition) is 5. The topological polar surface area (TPSA) is 49.7 Å². The molecule has 0 saturated carbocycles. The normalized spacial score (nSPS) is 23.8. The monoisotopic (exact) mass is 406 g/mol. The van der Waals surface area contributed by atoms with Crippen LogP contribution in [0.1, 0.15) is 11.1 Å². The van der Waals surface area contributed by atoms with Crippen LogP contribution in [0.3, 0.4) is 0 Å². The molecule has 26 heavy (non-hydrogen) atoms. The van der Waals surface area contributed by atoms with Crippen molar-refractivity contribution in [2.75, 3.05) is 16.4 Å². The van der Waals surface area contributed by atoms with Crippen molar-refractivity contribution in [1.29, 1.82) is 0 Å². The van der Waals surface area contributed by atoms with E-state index in [1.54, 1.807) is 11.8 Å². The lowest BCUT2D eigenvalue weighted by Crippen LogP contribution is -2.39. The average Bonchev–Trinajstić information content (AvgIpc) is 3.05. The molecular weight excluding hydrogens is 388 g/mol. The molecule has 0 radical (unpaired) electrons. The van der Waals surface area contributed by atoms with Gasteiger partial charge in [0.1, 0.15) is 0 Å². The van der Waals surface area contributed by atoms with Crippen LogP contribution >= 0.6 is 23.4 Å². The fourth-order valence-corrected chi connectivity index (χ4v) is 6.50. The zero-order valence-electron chi connectivity index (χ0n) is 14.3. The molecule has 0 bridgehead atoms. The van der Waals surface area contributed by atoms with Gasteiger partial charge in [0.25, 0.3) is 0 Å². The third kappa shape index (κ3) is 3.63. The number of sulfone groups is 1. The average molecular weight is 407 g/mol. The number of nitrogens with zero attached hydrogens (tertiary/aromatic N) is 2. The Hall–Kier alpha value is -1.50. The van der Waals surface area contributed by atoms with Crippen LogP contribution in [0.15, 0.2) is 53.5 Å². The maximum atomic E-state index is 12.1. The summed E-state index contributed by atoms with van der Waals surface area (Å²) in [5, 5.41) is 1.51. The number of aliphatic imine (C=N–C) groups is 1. The van der Waals surface area contributed by atoms with E-state index >= 15 is 0 Å². The van der Waals surface area contributed by atoms with Crippen LogP contribution in [-0.2, 0) is 15.6 Å². The number of fused-ring (bicyclic) bond motifs is 1. The molecule has 136 valence electrons. The highest BCUT2D eigenvalue weighted by Gasteiger charge is 2.47. The Kier molecular flexibility index (Phi) is 4.75. The molecule has 4 nitrogen and oxygen atoms in total. The highest BCUT2D eigenvalue weighted by atomic mass is 35.5. The first-order valence-electron chi connectivity index (χ1n) is 8.43. The van der Waals surface area contributed by atoms with Gasteiger partial charge in [-0.15, -0.1) is 0 Å². The predicted molar refractivity (Wildman–Crippen MR) is 110 cm³/mol. The molecule has 2 aromatic carbocycles. The molecule has 0 N–H and O–H groups in total. The lowest BCUT2D eigenvalue weighted by atomic mass is 10.1. The maximum absolute atomic E-state index is 12.1. The van der Waals surface area contributed by atoms with E-state index in [9.17, 15) is 8.42 Å². The van der Waals surface area contributed by atoms with Gasteiger partial charge in [-0.3, -0.25) is 4.99 Å². The predicted octanol–water partition coefficient (Wildman–Crippen LogP) is 3.92. The Morgan fingerprint density at radius 2 is 1.96 bits per heavy atom. The number of hydrogen-bond donors (Lipinski definition) is 0. The Labute approximate surface area is 163 Å². The Morgan fingerprint density at radius 1 is 1.19 bits per heavy atom. The zero-order chi connectivity index (χ0) is 18.3. The number of amidine groups is 1. The van der Waals surface area contributed by atoms with E-state index < -0.39 is 9.84 Å². The number of benzene rings is 2. The molecule has 2 atom stereocenters. The number of thioether (sulfide) groups is 1. The van der Waals surface area contributed by atoms with E-state index in [1.807, 2.05) is 24.3 Å². The fourth-order valence-electron chi connectivity index (χ4n) is 3.39. The second kappa shape index (κ2) is 6.91. The molecule has 2 aliphatic heterocycles. The van der Waals surface area contributed by atoms with Gasteiger partial charge in [0.2, 0.25) is 0 Å². The van der Waals surface area contributed by atoms with Crippen LogP contribution in [-0.4, -0.2) is 37.2 Å². The second-order valence-electron chi connectivity index (χ2n) is 6.75. The van der Waals surface area contributed by atoms with E-state index in [0.29, 0.717) is 5.02 Å². The molecule has 0 spiro atoms. The molecule has 1 fully saturated rings. The Balaban J connectivity index is 1.61. The summed E-state index contributed by atoms with van der Waals surface area (Å²) in [6.45, 7) is 2.07. The summed E-state index contributed by atoms with van der Waals surface area (Å²) in [5.41, 5.74) is 3.36. The Morgan fingerprint density at radius 3 is 2.69 bits per heavy atom. The molecule has 7 heteroatoms. The lowest BCUT2D eigenvalue weighted by molar-refractivity contribution is 0.601. The summed E-state index contributed by atoms with van der Waals surface area (Å²) >= 11 is 7.81. The van der Waals surface area contributed by atoms with Crippen molar-refractivity contribution in [1.82, 2.24) is 0 Å². The smallest absolute Gasteiger partial charge is 0.164 e. The zero-order valence-corrected chi connectivity index (χ0v) is 16.7. The van der Waals surface area contributed by atoms with Gasteiger partial charge in [-0.05, 0) is 30.7 Å². The summed E-state index contributed by atoms with van der Waals surface area (Å²) in [5.74, 6) is 1.06. The molecule has 2 aliphatic rings. The van der Waals surface area contributed by atoms with Gasteiger partial charge in [-0.25, -0.2) is 8.42 Å². The molecule has 0 amide bonds. The number of rotatable bonds is 3. The third-order valence-electron chi connectivity index (χ3n) is 4.68. The molecule has 2 heterocycles. The second-order valence-corrected chi connectivity index (χ2v) is 10.3. The standard InChI is InChI=1S/C19H19ClN2O2S2/c1-13-5-7-14(8-6-13)10-25-19-21-17-11-26(23,24)12-18(17)22(19)16-4-2-3-15(20)9-16/h2-9,17-18H,10-12H2,1H3/t17-,18+/m0/s1. The van der Waals surface area contributed by atoms with Crippen molar-refractivity contribution in [3.05, 3.63) is 64.7 Å². The van der Waals surface area contributed by atoms with E-state index in [-0.39, 0.29) is 23.6 Å². The number of anilines is 1. The molecule has 1 saturated heterocycles. The van der Waals surface area contributed by atoms with Crippen molar-refractivity contribution in [2.24, 2.45) is 4.99 Å².